The molecule has 1 aliphatic heterocycles. The molecule has 2 rings (SSSR count). The van der Waals surface area contributed by atoms with Gasteiger partial charge in [-0.2, -0.15) is 17.5 Å². The van der Waals surface area contributed by atoms with Crippen LogP contribution in [-0.4, -0.2) is 43.0 Å². The smallest absolute Gasteiger partial charge is 0.375 e. The fraction of sp³-hybridized carbons (Fsp3) is 0.583. The second-order valence-electron chi connectivity index (χ2n) is 4.94. The van der Waals surface area contributed by atoms with Crippen LogP contribution in [-0.2, 0) is 20.9 Å². The molecule has 2 heterocycles. The molecule has 0 aromatic carbocycles. The molecule has 0 N–H and O–H groups in total. The molecule has 1 aromatic heterocycles. The van der Waals surface area contributed by atoms with Crippen molar-refractivity contribution in [2.45, 2.75) is 37.1 Å². The minimum atomic E-state index is -4.59. The molecule has 0 aliphatic carbocycles. The molecule has 0 amide bonds. The Balaban J connectivity index is 2.31. The van der Waals surface area contributed by atoms with Gasteiger partial charge in [0.1, 0.15) is 10.6 Å². The standard InChI is InChI=1S/C12H15F3N2O3S/c1-8-7-20-9(2)6-17(8)21(18,19)10-3-4-11(16-5-10)12(13,14)15/h3-5,8-9H,6-7H2,1-2H3. The number of pyridine rings is 1. The van der Waals surface area contributed by atoms with Crippen molar-refractivity contribution < 1.29 is 26.3 Å². The fourth-order valence-electron chi connectivity index (χ4n) is 2.04. The molecule has 1 fully saturated rings. The minimum Gasteiger partial charge on any atom is -0.375 e. The van der Waals surface area contributed by atoms with Crippen LogP contribution in [0.1, 0.15) is 19.5 Å². The Morgan fingerprint density at radius 2 is 2.00 bits per heavy atom. The summed E-state index contributed by atoms with van der Waals surface area (Å²) in [6, 6.07) is 1.22. The number of nitrogens with zero attached hydrogens (tertiary/aromatic N) is 2. The second kappa shape index (κ2) is 5.54. The van der Waals surface area contributed by atoms with Crippen LogP contribution in [0.2, 0.25) is 0 Å². The molecular weight excluding hydrogens is 309 g/mol. The average molecular weight is 324 g/mol. The lowest BCUT2D eigenvalue weighted by atomic mass is 10.2. The van der Waals surface area contributed by atoms with Crippen LogP contribution >= 0.6 is 0 Å². The van der Waals surface area contributed by atoms with Crippen LogP contribution in [0.5, 0.6) is 0 Å². The lowest BCUT2D eigenvalue weighted by Crippen LogP contribution is -2.50. The van der Waals surface area contributed by atoms with E-state index in [2.05, 4.69) is 4.98 Å². The first-order chi connectivity index (χ1) is 9.62. The maximum atomic E-state index is 12.5. The summed E-state index contributed by atoms with van der Waals surface area (Å²) in [4.78, 5) is 2.94. The highest BCUT2D eigenvalue weighted by Gasteiger charge is 2.36. The zero-order valence-electron chi connectivity index (χ0n) is 11.5. The molecule has 1 saturated heterocycles. The molecule has 2 unspecified atom stereocenters. The van der Waals surface area contributed by atoms with E-state index < -0.39 is 21.9 Å². The second-order valence-corrected chi connectivity index (χ2v) is 6.84. The van der Waals surface area contributed by atoms with Crippen molar-refractivity contribution in [1.82, 2.24) is 9.29 Å². The van der Waals surface area contributed by atoms with E-state index in [-0.39, 0.29) is 30.2 Å². The number of halogens is 3. The SMILES string of the molecule is CC1CN(S(=O)(=O)c2ccc(C(F)(F)F)nc2)C(C)CO1. The number of rotatable bonds is 2. The zero-order chi connectivity index (χ0) is 15.8. The van der Waals surface area contributed by atoms with Gasteiger partial charge in [0.05, 0.1) is 12.7 Å². The van der Waals surface area contributed by atoms with Crippen molar-refractivity contribution in [2.75, 3.05) is 13.2 Å². The summed E-state index contributed by atoms with van der Waals surface area (Å²) in [5.41, 5.74) is -1.12. The highest BCUT2D eigenvalue weighted by molar-refractivity contribution is 7.89. The third-order valence-corrected chi connectivity index (χ3v) is 5.15. The van der Waals surface area contributed by atoms with Gasteiger partial charge in [-0.05, 0) is 26.0 Å². The van der Waals surface area contributed by atoms with Crippen molar-refractivity contribution in [3.05, 3.63) is 24.0 Å². The van der Waals surface area contributed by atoms with Gasteiger partial charge in [-0.25, -0.2) is 8.42 Å². The van der Waals surface area contributed by atoms with Crippen LogP contribution in [0.3, 0.4) is 0 Å². The lowest BCUT2D eigenvalue weighted by molar-refractivity contribution is -0.141. The van der Waals surface area contributed by atoms with E-state index in [1.807, 2.05) is 0 Å². The summed E-state index contributed by atoms with van der Waals surface area (Å²) in [5.74, 6) is 0. The van der Waals surface area contributed by atoms with Gasteiger partial charge in [0.15, 0.2) is 0 Å². The predicted molar refractivity (Wildman–Crippen MR) is 68.0 cm³/mol. The van der Waals surface area contributed by atoms with Crippen molar-refractivity contribution in [2.24, 2.45) is 0 Å². The van der Waals surface area contributed by atoms with Gasteiger partial charge in [0, 0.05) is 18.8 Å². The van der Waals surface area contributed by atoms with E-state index in [4.69, 9.17) is 4.74 Å². The number of ether oxygens (including phenoxy) is 1. The number of aromatic nitrogens is 1. The van der Waals surface area contributed by atoms with Crippen LogP contribution < -0.4 is 0 Å². The molecule has 2 atom stereocenters. The Morgan fingerprint density at radius 3 is 2.52 bits per heavy atom. The van der Waals surface area contributed by atoms with Gasteiger partial charge >= 0.3 is 6.18 Å². The number of alkyl halides is 3. The Hall–Kier alpha value is -1.19. The topological polar surface area (TPSA) is 59.5 Å². The van der Waals surface area contributed by atoms with Crippen LogP contribution in [0, 0.1) is 0 Å². The molecule has 5 nitrogen and oxygen atoms in total. The molecule has 0 spiro atoms. The first kappa shape index (κ1) is 16.2. The first-order valence-electron chi connectivity index (χ1n) is 6.29. The molecule has 1 aromatic rings. The summed E-state index contributed by atoms with van der Waals surface area (Å²) in [5, 5.41) is 0. The van der Waals surface area contributed by atoms with Crippen LogP contribution in [0.4, 0.5) is 13.2 Å². The molecular formula is C12H15F3N2O3S. The Morgan fingerprint density at radius 1 is 1.33 bits per heavy atom. The number of hydrogen-bond acceptors (Lipinski definition) is 4. The van der Waals surface area contributed by atoms with Gasteiger partial charge in [-0.3, -0.25) is 4.98 Å². The summed E-state index contributed by atoms with van der Waals surface area (Å²) < 4.78 is 68.8. The van der Waals surface area contributed by atoms with Gasteiger partial charge in [-0.1, -0.05) is 0 Å². The quantitative estimate of drug-likeness (QED) is 0.834. The molecule has 0 bridgehead atoms. The maximum Gasteiger partial charge on any atom is 0.433 e. The summed E-state index contributed by atoms with van der Waals surface area (Å²) in [7, 11) is -3.88. The number of morpholine rings is 1. The molecule has 118 valence electrons. The summed E-state index contributed by atoms with van der Waals surface area (Å²) in [6.45, 7) is 3.82. The van der Waals surface area contributed by atoms with E-state index in [9.17, 15) is 21.6 Å². The van der Waals surface area contributed by atoms with Gasteiger partial charge in [0.25, 0.3) is 0 Å². The predicted octanol–water partition coefficient (Wildman–Crippen LogP) is 1.90. The van der Waals surface area contributed by atoms with Crippen molar-refractivity contribution >= 4 is 10.0 Å². The van der Waals surface area contributed by atoms with Crippen LogP contribution in [0.25, 0.3) is 0 Å². The first-order valence-corrected chi connectivity index (χ1v) is 7.73. The average Bonchev–Trinajstić information content (AvgIpc) is 2.40. The minimum absolute atomic E-state index is 0.157. The molecule has 1 aliphatic rings. The number of hydrogen-bond donors (Lipinski definition) is 0. The van der Waals surface area contributed by atoms with Gasteiger partial charge in [0.2, 0.25) is 10.0 Å². The van der Waals surface area contributed by atoms with E-state index in [1.54, 1.807) is 13.8 Å². The molecule has 0 saturated carbocycles. The van der Waals surface area contributed by atoms with Crippen molar-refractivity contribution in [3.63, 3.8) is 0 Å². The molecule has 9 heteroatoms. The molecule has 21 heavy (non-hydrogen) atoms. The van der Waals surface area contributed by atoms with E-state index >= 15 is 0 Å². The van der Waals surface area contributed by atoms with E-state index in [1.165, 1.54) is 4.31 Å². The Bertz CT molecular complexity index is 601. The lowest BCUT2D eigenvalue weighted by Gasteiger charge is -2.35. The maximum absolute atomic E-state index is 12.5. The fourth-order valence-corrected chi connectivity index (χ4v) is 3.68. The van der Waals surface area contributed by atoms with Crippen molar-refractivity contribution in [3.8, 4) is 0 Å². The largest absolute Gasteiger partial charge is 0.433 e. The highest BCUT2D eigenvalue weighted by Crippen LogP contribution is 2.29. The van der Waals surface area contributed by atoms with E-state index in [0.29, 0.717) is 6.07 Å². The third kappa shape index (κ3) is 3.35. The highest BCUT2D eigenvalue weighted by atomic mass is 32.2. The van der Waals surface area contributed by atoms with Gasteiger partial charge < -0.3 is 4.74 Å². The normalized spacial score (nSPS) is 25.0. The van der Waals surface area contributed by atoms with Crippen LogP contribution in [0.15, 0.2) is 23.2 Å². The third-order valence-electron chi connectivity index (χ3n) is 3.18. The monoisotopic (exact) mass is 324 g/mol. The van der Waals surface area contributed by atoms with E-state index in [0.717, 1.165) is 12.3 Å². The zero-order valence-corrected chi connectivity index (χ0v) is 12.3. The Labute approximate surface area is 120 Å². The van der Waals surface area contributed by atoms with Crippen molar-refractivity contribution in [1.29, 1.82) is 0 Å². The molecule has 0 radical (unpaired) electrons. The number of sulfonamides is 1. The summed E-state index contributed by atoms with van der Waals surface area (Å²) in [6.07, 6.45) is -4.12. The van der Waals surface area contributed by atoms with Gasteiger partial charge in [-0.15, -0.1) is 0 Å². The summed E-state index contributed by atoms with van der Waals surface area (Å²) >= 11 is 0. The Kier molecular flexibility index (Phi) is 4.27.